The number of ether oxygens (including phenoxy) is 4. The summed E-state index contributed by atoms with van der Waals surface area (Å²) < 4.78 is 28.1. The van der Waals surface area contributed by atoms with Crippen LogP contribution in [0.4, 0.5) is 0 Å². The molecule has 2 amide bonds. The van der Waals surface area contributed by atoms with Gasteiger partial charge in [0.05, 0.1) is 46.3 Å². The van der Waals surface area contributed by atoms with E-state index >= 15 is 0 Å². The Kier molecular flexibility index (Phi) is 8.91. The molecule has 4 atom stereocenters. The fourth-order valence-corrected chi connectivity index (χ4v) is 6.76. The van der Waals surface area contributed by atoms with Crippen LogP contribution >= 0.6 is 0 Å². The number of esters is 1. The molecular weight excluding hydrogens is 540 g/mol. The SMILES string of the molecule is COC(=O)[C@]12C[C@H](CC(=O)NCc3ccc(OC)c(OC)c3)C(=O)N(Cc3ccco3)C1=C[C@H](C1CCCC1)O[C@@H]2C. The van der Waals surface area contributed by atoms with Gasteiger partial charge < -0.3 is 33.6 Å². The van der Waals surface area contributed by atoms with Gasteiger partial charge in [-0.3, -0.25) is 14.4 Å². The van der Waals surface area contributed by atoms with Crippen molar-refractivity contribution in [2.24, 2.45) is 17.3 Å². The molecule has 2 fully saturated rings. The van der Waals surface area contributed by atoms with Crippen molar-refractivity contribution in [1.29, 1.82) is 0 Å². The zero-order valence-electron chi connectivity index (χ0n) is 24.7. The highest BCUT2D eigenvalue weighted by molar-refractivity contribution is 5.92. The average molecular weight is 581 g/mol. The zero-order chi connectivity index (χ0) is 29.9. The Balaban J connectivity index is 1.42. The lowest BCUT2D eigenvalue weighted by atomic mass is 9.66. The quantitative estimate of drug-likeness (QED) is 0.412. The molecule has 10 nitrogen and oxygen atoms in total. The van der Waals surface area contributed by atoms with Crippen LogP contribution in [0.25, 0.3) is 0 Å². The van der Waals surface area contributed by atoms with Crippen LogP contribution in [-0.2, 0) is 36.9 Å². The van der Waals surface area contributed by atoms with E-state index in [1.807, 2.05) is 19.1 Å². The van der Waals surface area contributed by atoms with Crippen LogP contribution in [0.2, 0.25) is 0 Å². The minimum Gasteiger partial charge on any atom is -0.493 e. The van der Waals surface area contributed by atoms with Crippen LogP contribution in [0.1, 0.15) is 56.8 Å². The smallest absolute Gasteiger partial charge is 0.320 e. The Bertz CT molecular complexity index is 1320. The molecule has 1 aliphatic carbocycles. The van der Waals surface area contributed by atoms with E-state index in [2.05, 4.69) is 5.32 Å². The Hall–Kier alpha value is -3.79. The van der Waals surface area contributed by atoms with Gasteiger partial charge in [0, 0.05) is 24.6 Å². The molecule has 5 rings (SSSR count). The van der Waals surface area contributed by atoms with Crippen LogP contribution in [0, 0.1) is 17.3 Å². The van der Waals surface area contributed by atoms with E-state index in [1.165, 1.54) is 7.11 Å². The van der Waals surface area contributed by atoms with E-state index in [0.717, 1.165) is 31.2 Å². The molecule has 2 aliphatic heterocycles. The number of piperidine rings is 1. The second-order valence-corrected chi connectivity index (χ2v) is 11.4. The summed E-state index contributed by atoms with van der Waals surface area (Å²) in [5, 5.41) is 2.91. The third kappa shape index (κ3) is 5.64. The standard InChI is InChI=1S/C32H40N2O8/c1-20-32(31(37)40-4)17-23(15-29(35)33-18-21-11-12-25(38-2)27(14-21)39-3)30(36)34(19-24-10-7-13-41-24)28(32)16-26(42-20)22-8-5-6-9-22/h7,10-14,16,20,22-23,26H,5-6,8-9,15,17-19H2,1-4H3,(H,33,35)/t20-,23+,26-,32+/m1/s1. The van der Waals surface area contributed by atoms with Gasteiger partial charge >= 0.3 is 5.97 Å². The van der Waals surface area contributed by atoms with Gasteiger partial charge in [-0.25, -0.2) is 0 Å². The summed E-state index contributed by atoms with van der Waals surface area (Å²) in [6.45, 7) is 2.26. The molecule has 1 saturated carbocycles. The number of fused-ring (bicyclic) bond motifs is 1. The fraction of sp³-hybridized carbons (Fsp3) is 0.531. The van der Waals surface area contributed by atoms with E-state index in [-0.39, 0.29) is 43.8 Å². The Morgan fingerprint density at radius 1 is 1.10 bits per heavy atom. The van der Waals surface area contributed by atoms with Gasteiger partial charge in [-0.05, 0) is 68.0 Å². The number of hydrogen-bond acceptors (Lipinski definition) is 8. The number of amides is 2. The summed E-state index contributed by atoms with van der Waals surface area (Å²) in [4.78, 5) is 42.6. The highest BCUT2D eigenvalue weighted by Crippen LogP contribution is 2.52. The van der Waals surface area contributed by atoms with E-state index in [0.29, 0.717) is 28.9 Å². The number of methoxy groups -OCH3 is 3. The maximum absolute atomic E-state index is 14.1. The van der Waals surface area contributed by atoms with Crippen LogP contribution in [-0.4, -0.2) is 56.2 Å². The lowest BCUT2D eigenvalue weighted by molar-refractivity contribution is -0.178. The minimum atomic E-state index is -1.24. The number of nitrogens with one attached hydrogen (secondary N) is 1. The van der Waals surface area contributed by atoms with Gasteiger partial charge in [0.2, 0.25) is 11.8 Å². The number of rotatable bonds is 10. The van der Waals surface area contributed by atoms with Crippen LogP contribution in [0.5, 0.6) is 11.5 Å². The lowest BCUT2D eigenvalue weighted by Crippen LogP contribution is -2.60. The summed E-state index contributed by atoms with van der Waals surface area (Å²) >= 11 is 0. The largest absolute Gasteiger partial charge is 0.493 e. The number of likely N-dealkylation sites (tertiary alicyclic amines) is 1. The van der Waals surface area contributed by atoms with E-state index in [4.69, 9.17) is 23.4 Å². The molecule has 0 unspecified atom stereocenters. The predicted molar refractivity (Wildman–Crippen MR) is 152 cm³/mol. The molecule has 3 aliphatic rings. The van der Waals surface area contributed by atoms with Crippen molar-refractivity contribution < 1.29 is 37.7 Å². The highest BCUT2D eigenvalue weighted by atomic mass is 16.5. The van der Waals surface area contributed by atoms with E-state index in [9.17, 15) is 14.4 Å². The maximum atomic E-state index is 14.1. The van der Waals surface area contributed by atoms with E-state index < -0.39 is 23.4 Å². The van der Waals surface area contributed by atoms with Crippen molar-refractivity contribution in [3.63, 3.8) is 0 Å². The fourth-order valence-electron chi connectivity index (χ4n) is 6.76. The number of carbonyl (C=O) groups excluding carboxylic acids is 3. The number of hydrogen-bond donors (Lipinski definition) is 1. The lowest BCUT2D eigenvalue weighted by Gasteiger charge is -2.52. The molecule has 2 aromatic rings. The molecule has 0 radical (unpaired) electrons. The van der Waals surface area contributed by atoms with Crippen molar-refractivity contribution >= 4 is 17.8 Å². The molecule has 1 aromatic carbocycles. The molecular formula is C32H40N2O8. The third-order valence-electron chi connectivity index (χ3n) is 8.99. The first-order valence-electron chi connectivity index (χ1n) is 14.6. The van der Waals surface area contributed by atoms with Crippen molar-refractivity contribution in [1.82, 2.24) is 10.2 Å². The monoisotopic (exact) mass is 580 g/mol. The van der Waals surface area contributed by atoms with Gasteiger partial charge in [-0.1, -0.05) is 18.9 Å². The van der Waals surface area contributed by atoms with Gasteiger partial charge in [0.25, 0.3) is 0 Å². The van der Waals surface area contributed by atoms with Gasteiger partial charge in [0.15, 0.2) is 11.5 Å². The predicted octanol–water partition coefficient (Wildman–Crippen LogP) is 4.37. The van der Waals surface area contributed by atoms with Crippen LogP contribution in [0.3, 0.4) is 0 Å². The Labute approximate surface area is 246 Å². The molecule has 1 saturated heterocycles. The molecule has 3 heterocycles. The molecule has 226 valence electrons. The summed E-state index contributed by atoms with van der Waals surface area (Å²) in [5.74, 6) is 0.290. The van der Waals surface area contributed by atoms with Crippen LogP contribution in [0.15, 0.2) is 52.8 Å². The second-order valence-electron chi connectivity index (χ2n) is 11.4. The molecule has 1 aromatic heterocycles. The molecule has 42 heavy (non-hydrogen) atoms. The zero-order valence-corrected chi connectivity index (χ0v) is 24.7. The van der Waals surface area contributed by atoms with Crippen molar-refractivity contribution in [3.05, 3.63) is 59.7 Å². The van der Waals surface area contributed by atoms with Gasteiger partial charge in [-0.2, -0.15) is 0 Å². The first-order chi connectivity index (χ1) is 20.3. The van der Waals surface area contributed by atoms with Gasteiger partial charge in [-0.15, -0.1) is 0 Å². The summed E-state index contributed by atoms with van der Waals surface area (Å²) in [6.07, 6.45) is 7.14. The minimum absolute atomic E-state index is 0.0917. The summed E-state index contributed by atoms with van der Waals surface area (Å²) in [6, 6.07) is 8.96. The number of benzene rings is 1. The number of carbonyl (C=O) groups is 3. The van der Waals surface area contributed by atoms with Crippen molar-refractivity contribution in [2.75, 3.05) is 21.3 Å². The van der Waals surface area contributed by atoms with E-state index in [1.54, 1.807) is 49.6 Å². The number of furan rings is 1. The summed E-state index contributed by atoms with van der Waals surface area (Å²) in [7, 11) is 4.46. The topological polar surface area (TPSA) is 117 Å². The normalized spacial score (nSPS) is 25.9. The highest BCUT2D eigenvalue weighted by Gasteiger charge is 2.60. The molecule has 0 spiro atoms. The summed E-state index contributed by atoms with van der Waals surface area (Å²) in [5.41, 5.74) is 0.172. The molecule has 0 bridgehead atoms. The first-order valence-corrected chi connectivity index (χ1v) is 14.6. The average Bonchev–Trinajstić information content (AvgIpc) is 3.73. The second kappa shape index (κ2) is 12.6. The third-order valence-corrected chi connectivity index (χ3v) is 8.99. The molecule has 1 N–H and O–H groups in total. The van der Waals surface area contributed by atoms with Crippen LogP contribution < -0.4 is 14.8 Å². The van der Waals surface area contributed by atoms with Crippen molar-refractivity contribution in [2.45, 2.75) is 70.7 Å². The van der Waals surface area contributed by atoms with Gasteiger partial charge in [0.1, 0.15) is 11.2 Å². The maximum Gasteiger partial charge on any atom is 0.320 e. The number of nitrogens with zero attached hydrogens (tertiary/aromatic N) is 1. The first kappa shape index (κ1) is 29.7. The van der Waals surface area contributed by atoms with Crippen molar-refractivity contribution in [3.8, 4) is 11.5 Å². The Morgan fingerprint density at radius 2 is 1.86 bits per heavy atom. The Morgan fingerprint density at radius 3 is 2.52 bits per heavy atom. The molecule has 10 heteroatoms.